The summed E-state index contributed by atoms with van der Waals surface area (Å²) >= 11 is 0. The minimum Gasteiger partial charge on any atom is -0.439 e. The van der Waals surface area contributed by atoms with E-state index < -0.39 is 0 Å². The normalized spacial score (nSPS) is 11.2. The number of hydrogen-bond donors (Lipinski definition) is 2. The highest BCUT2D eigenvalue weighted by Crippen LogP contribution is 2.23. The van der Waals surface area contributed by atoms with Gasteiger partial charge in [-0.25, -0.2) is 9.37 Å². The van der Waals surface area contributed by atoms with E-state index in [1.807, 2.05) is 12.1 Å². The van der Waals surface area contributed by atoms with E-state index in [1.165, 1.54) is 25.0 Å². The zero-order chi connectivity index (χ0) is 17.9. The fraction of sp³-hybridized carbons (Fsp3) is 0.368. The van der Waals surface area contributed by atoms with Gasteiger partial charge in [-0.3, -0.25) is 4.99 Å². The van der Waals surface area contributed by atoms with E-state index in [0.29, 0.717) is 18.2 Å². The monoisotopic (exact) mass is 344 g/mol. The van der Waals surface area contributed by atoms with Gasteiger partial charge in [0.25, 0.3) is 0 Å². The van der Waals surface area contributed by atoms with E-state index in [-0.39, 0.29) is 5.82 Å². The Morgan fingerprint density at radius 3 is 2.84 bits per heavy atom. The quantitative estimate of drug-likeness (QED) is 0.434. The van der Waals surface area contributed by atoms with Crippen LogP contribution < -0.4 is 15.4 Å². The number of aliphatic imine (C=N–C) groups is 1. The van der Waals surface area contributed by atoms with Crippen molar-refractivity contribution < 1.29 is 9.13 Å². The molecule has 0 atom stereocenters. The first-order valence-corrected chi connectivity index (χ1v) is 8.54. The van der Waals surface area contributed by atoms with Crippen molar-refractivity contribution in [2.75, 3.05) is 13.6 Å². The lowest BCUT2D eigenvalue weighted by molar-refractivity contribution is 0.450. The number of unbranched alkanes of at least 4 members (excludes halogenated alkanes) is 2. The number of nitrogens with zero attached hydrogens (tertiary/aromatic N) is 2. The van der Waals surface area contributed by atoms with Crippen LogP contribution in [0.2, 0.25) is 0 Å². The largest absolute Gasteiger partial charge is 0.439 e. The fourth-order valence-electron chi connectivity index (χ4n) is 2.27. The first kappa shape index (κ1) is 18.7. The second-order valence-electron chi connectivity index (χ2n) is 5.59. The van der Waals surface area contributed by atoms with Crippen LogP contribution in [0.15, 0.2) is 47.6 Å². The van der Waals surface area contributed by atoms with Crippen LogP contribution >= 0.6 is 0 Å². The molecule has 1 heterocycles. The molecule has 0 radical (unpaired) electrons. The highest BCUT2D eigenvalue weighted by atomic mass is 19.1. The van der Waals surface area contributed by atoms with Gasteiger partial charge in [-0.15, -0.1) is 0 Å². The molecule has 5 nitrogen and oxygen atoms in total. The summed E-state index contributed by atoms with van der Waals surface area (Å²) < 4.78 is 19.0. The molecule has 2 N–H and O–H groups in total. The van der Waals surface area contributed by atoms with Crippen LogP contribution in [-0.2, 0) is 6.54 Å². The molecule has 0 saturated heterocycles. The molecule has 134 valence electrons. The number of rotatable bonds is 8. The molecule has 0 amide bonds. The van der Waals surface area contributed by atoms with E-state index in [4.69, 9.17) is 4.74 Å². The van der Waals surface area contributed by atoms with Crippen LogP contribution in [0.3, 0.4) is 0 Å². The lowest BCUT2D eigenvalue weighted by Gasteiger charge is -2.14. The van der Waals surface area contributed by atoms with Crippen molar-refractivity contribution in [1.29, 1.82) is 0 Å². The first-order chi connectivity index (χ1) is 12.2. The molecule has 0 fully saturated rings. The van der Waals surface area contributed by atoms with Crippen molar-refractivity contribution in [3.05, 3.63) is 54.0 Å². The zero-order valence-corrected chi connectivity index (χ0v) is 14.8. The SMILES string of the molecule is CCCCCNC(=NC)NCc1cccnc1Oc1cccc(F)c1. The minimum atomic E-state index is -0.343. The summed E-state index contributed by atoms with van der Waals surface area (Å²) in [4.78, 5) is 8.46. The van der Waals surface area contributed by atoms with Crippen molar-refractivity contribution in [3.63, 3.8) is 0 Å². The molecule has 0 bridgehead atoms. The smallest absolute Gasteiger partial charge is 0.224 e. The van der Waals surface area contributed by atoms with Crippen molar-refractivity contribution in [2.45, 2.75) is 32.7 Å². The molecular formula is C19H25FN4O. The summed E-state index contributed by atoms with van der Waals surface area (Å²) in [5.41, 5.74) is 0.864. The zero-order valence-electron chi connectivity index (χ0n) is 14.8. The van der Waals surface area contributed by atoms with E-state index in [0.717, 1.165) is 24.5 Å². The summed E-state index contributed by atoms with van der Waals surface area (Å²) in [5, 5.41) is 6.52. The van der Waals surface area contributed by atoms with Gasteiger partial charge in [0.05, 0.1) is 0 Å². The first-order valence-electron chi connectivity index (χ1n) is 8.54. The van der Waals surface area contributed by atoms with Crippen molar-refractivity contribution in [2.24, 2.45) is 4.99 Å². The molecule has 0 spiro atoms. The third-order valence-electron chi connectivity index (χ3n) is 3.60. The summed E-state index contributed by atoms with van der Waals surface area (Å²) in [6, 6.07) is 9.77. The molecule has 0 saturated carbocycles. The fourth-order valence-corrected chi connectivity index (χ4v) is 2.27. The Balaban J connectivity index is 1.95. The molecule has 0 aliphatic heterocycles. The number of benzene rings is 1. The van der Waals surface area contributed by atoms with Gasteiger partial charge in [0.1, 0.15) is 11.6 Å². The summed E-state index contributed by atoms with van der Waals surface area (Å²) in [5.74, 6) is 1.26. The Labute approximate surface area is 148 Å². The number of hydrogen-bond acceptors (Lipinski definition) is 3. The minimum absolute atomic E-state index is 0.343. The molecule has 6 heteroatoms. The second kappa shape index (κ2) is 10.3. The van der Waals surface area contributed by atoms with Gasteiger partial charge in [0.2, 0.25) is 5.88 Å². The number of ether oxygens (including phenoxy) is 1. The Hall–Kier alpha value is -2.63. The Morgan fingerprint density at radius 1 is 1.20 bits per heavy atom. The van der Waals surface area contributed by atoms with Gasteiger partial charge >= 0.3 is 0 Å². The number of pyridine rings is 1. The van der Waals surface area contributed by atoms with Crippen molar-refractivity contribution in [3.8, 4) is 11.6 Å². The van der Waals surface area contributed by atoms with Crippen LogP contribution in [0.1, 0.15) is 31.7 Å². The highest BCUT2D eigenvalue weighted by molar-refractivity contribution is 5.79. The molecule has 2 aromatic rings. The lowest BCUT2D eigenvalue weighted by Crippen LogP contribution is -2.37. The maximum atomic E-state index is 13.3. The standard InChI is InChI=1S/C19H25FN4O/c1-3-4-5-11-23-19(21-2)24-14-15-8-7-12-22-18(15)25-17-10-6-9-16(20)13-17/h6-10,12-13H,3-5,11,14H2,1-2H3,(H2,21,23,24). The molecule has 2 rings (SSSR count). The number of guanidine groups is 1. The van der Waals surface area contributed by atoms with Crippen molar-refractivity contribution >= 4 is 5.96 Å². The van der Waals surface area contributed by atoms with E-state index in [1.54, 1.807) is 25.4 Å². The lowest BCUT2D eigenvalue weighted by atomic mass is 10.2. The van der Waals surface area contributed by atoms with Crippen LogP contribution in [0.4, 0.5) is 4.39 Å². The number of halogens is 1. The molecule has 0 aliphatic carbocycles. The molecular weight excluding hydrogens is 319 g/mol. The van der Waals surface area contributed by atoms with Gasteiger partial charge in [-0.1, -0.05) is 31.9 Å². The van der Waals surface area contributed by atoms with E-state index >= 15 is 0 Å². The van der Waals surface area contributed by atoms with Crippen LogP contribution in [0, 0.1) is 5.82 Å². The summed E-state index contributed by atoms with van der Waals surface area (Å²) in [6.07, 6.45) is 5.14. The van der Waals surface area contributed by atoms with Gasteiger partial charge < -0.3 is 15.4 Å². The topological polar surface area (TPSA) is 58.5 Å². The van der Waals surface area contributed by atoms with Crippen LogP contribution in [0.5, 0.6) is 11.6 Å². The predicted octanol–water partition coefficient (Wildman–Crippen LogP) is 3.87. The average Bonchev–Trinajstić information content (AvgIpc) is 2.62. The molecule has 1 aromatic heterocycles. The summed E-state index contributed by atoms with van der Waals surface area (Å²) in [7, 11) is 1.74. The van der Waals surface area contributed by atoms with Gasteiger partial charge in [-0.2, -0.15) is 0 Å². The molecule has 0 aliphatic rings. The Bertz CT molecular complexity index is 691. The Kier molecular flexibility index (Phi) is 7.69. The Morgan fingerprint density at radius 2 is 2.08 bits per heavy atom. The van der Waals surface area contributed by atoms with Gasteiger partial charge in [-0.05, 0) is 24.6 Å². The third kappa shape index (κ3) is 6.41. The highest BCUT2D eigenvalue weighted by Gasteiger charge is 2.08. The molecule has 0 unspecified atom stereocenters. The van der Waals surface area contributed by atoms with Crippen LogP contribution in [-0.4, -0.2) is 24.5 Å². The molecule has 25 heavy (non-hydrogen) atoms. The van der Waals surface area contributed by atoms with Gasteiger partial charge in [0.15, 0.2) is 5.96 Å². The number of nitrogens with one attached hydrogen (secondary N) is 2. The predicted molar refractivity (Wildman–Crippen MR) is 98.4 cm³/mol. The second-order valence-corrected chi connectivity index (χ2v) is 5.59. The van der Waals surface area contributed by atoms with E-state index in [9.17, 15) is 4.39 Å². The average molecular weight is 344 g/mol. The van der Waals surface area contributed by atoms with E-state index in [2.05, 4.69) is 27.5 Å². The van der Waals surface area contributed by atoms with Crippen molar-refractivity contribution in [1.82, 2.24) is 15.6 Å². The summed E-state index contributed by atoms with van der Waals surface area (Å²) in [6.45, 7) is 3.56. The van der Waals surface area contributed by atoms with Crippen LogP contribution in [0.25, 0.3) is 0 Å². The maximum absolute atomic E-state index is 13.3. The maximum Gasteiger partial charge on any atom is 0.224 e. The van der Waals surface area contributed by atoms with Gasteiger partial charge in [0, 0.05) is 38.0 Å². The number of aromatic nitrogens is 1. The third-order valence-corrected chi connectivity index (χ3v) is 3.60. The molecule has 1 aromatic carbocycles.